The van der Waals surface area contributed by atoms with Gasteiger partial charge in [-0.15, -0.1) is 0 Å². The molecule has 5 nitrogen and oxygen atoms in total. The molecule has 1 saturated carbocycles. The maximum atomic E-state index is 13.7. The summed E-state index contributed by atoms with van der Waals surface area (Å²) in [6.07, 6.45) is 6.21. The van der Waals surface area contributed by atoms with Crippen molar-refractivity contribution >= 4 is 11.8 Å². The molecule has 1 aromatic rings. The van der Waals surface area contributed by atoms with Crippen LogP contribution in [0.3, 0.4) is 0 Å². The highest BCUT2D eigenvalue weighted by Gasteiger charge is 2.39. The lowest BCUT2D eigenvalue weighted by Crippen LogP contribution is -2.63. The molecule has 0 aromatic carbocycles. The van der Waals surface area contributed by atoms with Crippen LogP contribution in [0.15, 0.2) is 18.5 Å². The smallest absolute Gasteiger partial charge is 0.257 e. The second-order valence-corrected chi connectivity index (χ2v) is 5.31. The fourth-order valence-electron chi connectivity index (χ4n) is 3.10. The van der Waals surface area contributed by atoms with Crippen LogP contribution in [0, 0.1) is 5.82 Å². The van der Waals surface area contributed by atoms with Crippen molar-refractivity contribution in [3.63, 3.8) is 0 Å². The molecular formula is C14H16FN3O2. The maximum absolute atomic E-state index is 13.7. The Morgan fingerprint density at radius 2 is 2.20 bits per heavy atom. The van der Waals surface area contributed by atoms with E-state index in [4.69, 9.17) is 0 Å². The highest BCUT2D eigenvalue weighted by Crippen LogP contribution is 2.27. The number of aromatic nitrogens is 1. The Hall–Kier alpha value is -1.98. The van der Waals surface area contributed by atoms with E-state index < -0.39 is 11.7 Å². The van der Waals surface area contributed by atoms with E-state index in [-0.39, 0.29) is 30.1 Å². The number of fused-ring (bicyclic) bond motifs is 1. The zero-order valence-corrected chi connectivity index (χ0v) is 11.0. The van der Waals surface area contributed by atoms with E-state index in [0.29, 0.717) is 0 Å². The number of amides is 2. The Bertz CT molecular complexity index is 549. The van der Waals surface area contributed by atoms with Gasteiger partial charge in [0, 0.05) is 12.2 Å². The minimum Gasteiger partial charge on any atom is -0.350 e. The van der Waals surface area contributed by atoms with Crippen molar-refractivity contribution in [1.29, 1.82) is 0 Å². The lowest BCUT2D eigenvalue weighted by Gasteiger charge is -2.43. The van der Waals surface area contributed by atoms with Crippen molar-refractivity contribution in [1.82, 2.24) is 15.2 Å². The SMILES string of the molecule is O=C1CN(C(=O)c2ccncc2F)[C@H]2CCCC[C@@H]2N1. The lowest BCUT2D eigenvalue weighted by atomic mass is 9.87. The summed E-state index contributed by atoms with van der Waals surface area (Å²) in [5.41, 5.74) is -0.0148. The van der Waals surface area contributed by atoms with Crippen molar-refractivity contribution < 1.29 is 14.0 Å². The molecule has 2 amide bonds. The van der Waals surface area contributed by atoms with Crippen LogP contribution in [-0.4, -0.2) is 40.3 Å². The largest absolute Gasteiger partial charge is 0.350 e. The van der Waals surface area contributed by atoms with Crippen molar-refractivity contribution in [2.75, 3.05) is 6.54 Å². The molecule has 2 aliphatic rings. The summed E-state index contributed by atoms with van der Waals surface area (Å²) < 4.78 is 13.7. The third kappa shape index (κ3) is 2.26. The molecule has 0 spiro atoms. The highest BCUT2D eigenvalue weighted by atomic mass is 19.1. The topological polar surface area (TPSA) is 62.3 Å². The van der Waals surface area contributed by atoms with Crippen LogP contribution in [0.25, 0.3) is 0 Å². The van der Waals surface area contributed by atoms with Crippen LogP contribution < -0.4 is 5.32 Å². The minimum absolute atomic E-state index is 0.00107. The van der Waals surface area contributed by atoms with Crippen LogP contribution in [-0.2, 0) is 4.79 Å². The number of halogens is 1. The number of carbonyl (C=O) groups excluding carboxylic acids is 2. The van der Waals surface area contributed by atoms with Crippen LogP contribution in [0.1, 0.15) is 36.0 Å². The van der Waals surface area contributed by atoms with Gasteiger partial charge in [-0.2, -0.15) is 0 Å². The summed E-state index contributed by atoms with van der Waals surface area (Å²) in [4.78, 5) is 29.4. The molecule has 2 atom stereocenters. The minimum atomic E-state index is -0.643. The van der Waals surface area contributed by atoms with E-state index in [1.165, 1.54) is 17.2 Å². The number of pyridine rings is 1. The first kappa shape index (κ1) is 13.0. The number of carbonyl (C=O) groups is 2. The van der Waals surface area contributed by atoms with Gasteiger partial charge in [-0.3, -0.25) is 14.6 Å². The third-order valence-corrected chi connectivity index (χ3v) is 4.05. The zero-order valence-electron chi connectivity index (χ0n) is 11.0. The highest BCUT2D eigenvalue weighted by molar-refractivity contribution is 5.97. The van der Waals surface area contributed by atoms with E-state index in [2.05, 4.69) is 10.3 Å². The molecule has 0 unspecified atom stereocenters. The predicted molar refractivity (Wildman–Crippen MR) is 69.4 cm³/mol. The predicted octanol–water partition coefficient (Wildman–Crippen LogP) is 1.10. The van der Waals surface area contributed by atoms with Crippen molar-refractivity contribution in [3.8, 4) is 0 Å². The van der Waals surface area contributed by atoms with Crippen molar-refractivity contribution in [2.24, 2.45) is 0 Å². The zero-order chi connectivity index (χ0) is 14.1. The number of piperazine rings is 1. The molecule has 1 aliphatic carbocycles. The van der Waals surface area contributed by atoms with Gasteiger partial charge in [0.1, 0.15) is 6.54 Å². The molecule has 106 valence electrons. The summed E-state index contributed by atoms with van der Waals surface area (Å²) >= 11 is 0. The Morgan fingerprint density at radius 3 is 3.00 bits per heavy atom. The van der Waals surface area contributed by atoms with Gasteiger partial charge in [-0.25, -0.2) is 4.39 Å². The molecule has 2 heterocycles. The Morgan fingerprint density at radius 1 is 1.40 bits per heavy atom. The number of nitrogens with one attached hydrogen (secondary N) is 1. The fraction of sp³-hybridized carbons (Fsp3) is 0.500. The van der Waals surface area contributed by atoms with Gasteiger partial charge < -0.3 is 10.2 Å². The lowest BCUT2D eigenvalue weighted by molar-refractivity contribution is -0.127. The molecule has 2 fully saturated rings. The van der Waals surface area contributed by atoms with E-state index in [1.807, 2.05) is 0 Å². The molecule has 1 N–H and O–H groups in total. The summed E-state index contributed by atoms with van der Waals surface area (Å²) in [6.45, 7) is 0.00175. The van der Waals surface area contributed by atoms with Crippen molar-refractivity contribution in [3.05, 3.63) is 29.8 Å². The van der Waals surface area contributed by atoms with Gasteiger partial charge >= 0.3 is 0 Å². The molecular weight excluding hydrogens is 261 g/mol. The Kier molecular flexibility index (Phi) is 3.38. The first-order valence-corrected chi connectivity index (χ1v) is 6.86. The van der Waals surface area contributed by atoms with Gasteiger partial charge in [-0.05, 0) is 18.9 Å². The molecule has 0 radical (unpaired) electrons. The third-order valence-electron chi connectivity index (χ3n) is 4.05. The number of hydrogen-bond acceptors (Lipinski definition) is 3. The second-order valence-electron chi connectivity index (χ2n) is 5.31. The van der Waals surface area contributed by atoms with E-state index >= 15 is 0 Å². The monoisotopic (exact) mass is 277 g/mol. The van der Waals surface area contributed by atoms with Crippen LogP contribution in [0.4, 0.5) is 4.39 Å². The standard InChI is InChI=1S/C14H16FN3O2/c15-10-7-16-6-5-9(10)14(20)18-8-13(19)17-11-3-1-2-4-12(11)18/h5-7,11-12H,1-4,8H2,(H,17,19)/t11-,12-/m0/s1. The quantitative estimate of drug-likeness (QED) is 0.836. The van der Waals surface area contributed by atoms with Gasteiger partial charge in [-0.1, -0.05) is 12.8 Å². The first-order chi connectivity index (χ1) is 9.66. The maximum Gasteiger partial charge on any atom is 0.257 e. The normalized spacial score (nSPS) is 25.9. The average molecular weight is 277 g/mol. The number of hydrogen-bond donors (Lipinski definition) is 1. The first-order valence-electron chi connectivity index (χ1n) is 6.86. The Balaban J connectivity index is 1.89. The molecule has 1 aromatic heterocycles. The number of nitrogens with zero attached hydrogens (tertiary/aromatic N) is 2. The second kappa shape index (κ2) is 5.19. The van der Waals surface area contributed by atoms with Crippen LogP contribution >= 0.6 is 0 Å². The fourth-order valence-corrected chi connectivity index (χ4v) is 3.10. The number of rotatable bonds is 1. The summed E-state index contributed by atoms with van der Waals surface area (Å²) in [5, 5.41) is 2.93. The van der Waals surface area contributed by atoms with Gasteiger partial charge in [0.15, 0.2) is 5.82 Å². The van der Waals surface area contributed by atoms with Gasteiger partial charge in [0.05, 0.1) is 17.8 Å². The van der Waals surface area contributed by atoms with Crippen LogP contribution in [0.2, 0.25) is 0 Å². The average Bonchev–Trinajstić information content (AvgIpc) is 2.46. The molecule has 1 aliphatic heterocycles. The molecule has 0 bridgehead atoms. The van der Waals surface area contributed by atoms with Gasteiger partial charge in [0.2, 0.25) is 5.91 Å². The molecule has 3 rings (SSSR count). The molecule has 1 saturated heterocycles. The van der Waals surface area contributed by atoms with E-state index in [1.54, 1.807) is 0 Å². The van der Waals surface area contributed by atoms with Crippen LogP contribution in [0.5, 0.6) is 0 Å². The summed E-state index contributed by atoms with van der Waals surface area (Å²) in [5.74, 6) is -1.23. The summed E-state index contributed by atoms with van der Waals surface area (Å²) in [7, 11) is 0. The summed E-state index contributed by atoms with van der Waals surface area (Å²) in [6, 6.07) is 1.34. The molecule has 20 heavy (non-hydrogen) atoms. The van der Waals surface area contributed by atoms with E-state index in [0.717, 1.165) is 31.9 Å². The Labute approximate surface area is 116 Å². The van der Waals surface area contributed by atoms with Gasteiger partial charge in [0.25, 0.3) is 5.91 Å². The van der Waals surface area contributed by atoms with E-state index in [9.17, 15) is 14.0 Å². The van der Waals surface area contributed by atoms with Crippen molar-refractivity contribution in [2.45, 2.75) is 37.8 Å². The molecule has 6 heteroatoms.